The second-order valence-electron chi connectivity index (χ2n) is 2.97. The summed E-state index contributed by atoms with van der Waals surface area (Å²) in [6.07, 6.45) is 0. The van der Waals surface area contributed by atoms with Crippen molar-refractivity contribution in [1.82, 2.24) is 0 Å². The molecule has 1 rings (SSSR count). The lowest BCUT2D eigenvalue weighted by Gasteiger charge is -2.06. The van der Waals surface area contributed by atoms with Crippen LogP contribution in [0.15, 0.2) is 24.3 Å². The summed E-state index contributed by atoms with van der Waals surface area (Å²) in [5.41, 5.74) is 2.63. The van der Waals surface area contributed by atoms with Gasteiger partial charge in [-0.15, -0.1) is 11.6 Å². The van der Waals surface area contributed by atoms with Crippen LogP contribution in [0.3, 0.4) is 0 Å². The first-order chi connectivity index (χ1) is 5.24. The normalized spacial score (nSPS) is 13.0. The van der Waals surface area contributed by atoms with E-state index >= 15 is 0 Å². The maximum atomic E-state index is 5.73. The quantitative estimate of drug-likeness (QED) is 0.595. The average molecular weight is 169 g/mol. The molecule has 0 nitrogen and oxygen atoms in total. The molecule has 60 valence electrons. The number of rotatable bonds is 2. The predicted molar refractivity (Wildman–Crippen MR) is 50.3 cm³/mol. The van der Waals surface area contributed by atoms with Crippen molar-refractivity contribution in [2.75, 3.05) is 5.88 Å². The molecule has 1 atom stereocenters. The molecule has 0 fully saturated rings. The van der Waals surface area contributed by atoms with Crippen LogP contribution in [-0.2, 0) is 0 Å². The maximum absolute atomic E-state index is 5.73. The Labute approximate surface area is 73.2 Å². The zero-order valence-electron chi connectivity index (χ0n) is 6.97. The van der Waals surface area contributed by atoms with E-state index in [9.17, 15) is 0 Å². The lowest BCUT2D eigenvalue weighted by Crippen LogP contribution is -1.93. The summed E-state index contributed by atoms with van der Waals surface area (Å²) >= 11 is 5.73. The van der Waals surface area contributed by atoms with Crippen LogP contribution in [0.1, 0.15) is 24.0 Å². The minimum atomic E-state index is 0.470. The highest BCUT2D eigenvalue weighted by Crippen LogP contribution is 2.16. The van der Waals surface area contributed by atoms with Crippen molar-refractivity contribution in [3.8, 4) is 0 Å². The molecule has 0 heterocycles. The highest BCUT2D eigenvalue weighted by atomic mass is 35.5. The molecule has 0 N–H and O–H groups in total. The van der Waals surface area contributed by atoms with Crippen molar-refractivity contribution >= 4 is 11.6 Å². The standard InChI is InChI=1S/C10H13Cl/c1-8-3-5-10(6-4-8)9(2)7-11/h3-6,9H,7H2,1-2H3. The van der Waals surface area contributed by atoms with Gasteiger partial charge in [0.15, 0.2) is 0 Å². The Balaban J connectivity index is 2.81. The van der Waals surface area contributed by atoms with E-state index in [1.54, 1.807) is 0 Å². The number of halogens is 1. The van der Waals surface area contributed by atoms with Crippen molar-refractivity contribution in [2.45, 2.75) is 19.8 Å². The van der Waals surface area contributed by atoms with E-state index in [-0.39, 0.29) is 0 Å². The lowest BCUT2D eigenvalue weighted by atomic mass is 10.0. The average Bonchev–Trinajstić information content (AvgIpc) is 2.05. The molecule has 0 aliphatic heterocycles. The fourth-order valence-electron chi connectivity index (χ4n) is 0.984. The van der Waals surface area contributed by atoms with E-state index in [1.165, 1.54) is 11.1 Å². The third kappa shape index (κ3) is 2.23. The molecule has 0 spiro atoms. The van der Waals surface area contributed by atoms with Crippen LogP contribution in [0.25, 0.3) is 0 Å². The molecule has 0 saturated carbocycles. The summed E-state index contributed by atoms with van der Waals surface area (Å²) in [5.74, 6) is 1.17. The molecule has 0 aliphatic rings. The van der Waals surface area contributed by atoms with Crippen LogP contribution in [-0.4, -0.2) is 5.88 Å². The summed E-state index contributed by atoms with van der Waals surface area (Å²) in [5, 5.41) is 0. The number of hydrogen-bond donors (Lipinski definition) is 0. The Hall–Kier alpha value is -0.490. The minimum absolute atomic E-state index is 0.470. The maximum Gasteiger partial charge on any atom is 0.0289 e. The van der Waals surface area contributed by atoms with Gasteiger partial charge >= 0.3 is 0 Å². The van der Waals surface area contributed by atoms with Crippen molar-refractivity contribution in [1.29, 1.82) is 0 Å². The van der Waals surface area contributed by atoms with Gasteiger partial charge in [0, 0.05) is 5.88 Å². The number of aryl methyl sites for hydroxylation is 1. The largest absolute Gasteiger partial charge is 0.126 e. The Morgan fingerprint density at radius 3 is 2.27 bits per heavy atom. The fourth-order valence-corrected chi connectivity index (χ4v) is 1.16. The van der Waals surface area contributed by atoms with Crippen molar-refractivity contribution in [2.24, 2.45) is 0 Å². The van der Waals surface area contributed by atoms with Crippen LogP contribution in [0, 0.1) is 6.92 Å². The van der Waals surface area contributed by atoms with Crippen LogP contribution < -0.4 is 0 Å². The monoisotopic (exact) mass is 168 g/mol. The zero-order chi connectivity index (χ0) is 8.27. The summed E-state index contributed by atoms with van der Waals surface area (Å²) in [7, 11) is 0. The number of benzene rings is 1. The molecule has 0 amide bonds. The van der Waals surface area contributed by atoms with Gasteiger partial charge in [-0.1, -0.05) is 36.8 Å². The molecule has 1 aromatic rings. The minimum Gasteiger partial charge on any atom is -0.126 e. The third-order valence-electron chi connectivity index (χ3n) is 1.88. The highest BCUT2D eigenvalue weighted by Gasteiger charge is 2.01. The summed E-state index contributed by atoms with van der Waals surface area (Å²) < 4.78 is 0. The molecule has 11 heavy (non-hydrogen) atoms. The van der Waals surface area contributed by atoms with Crippen molar-refractivity contribution in [3.05, 3.63) is 35.4 Å². The second-order valence-corrected chi connectivity index (χ2v) is 3.27. The first-order valence-corrected chi connectivity index (χ1v) is 4.40. The number of alkyl halides is 1. The van der Waals surface area contributed by atoms with Gasteiger partial charge in [-0.05, 0) is 18.4 Å². The zero-order valence-corrected chi connectivity index (χ0v) is 7.73. The Morgan fingerprint density at radius 1 is 1.27 bits per heavy atom. The van der Waals surface area contributed by atoms with Crippen LogP contribution in [0.2, 0.25) is 0 Å². The predicted octanol–water partition coefficient (Wildman–Crippen LogP) is 3.34. The molecule has 0 aliphatic carbocycles. The Kier molecular flexibility index (Phi) is 2.95. The van der Waals surface area contributed by atoms with Gasteiger partial charge in [-0.25, -0.2) is 0 Å². The smallest absolute Gasteiger partial charge is 0.0289 e. The van der Waals surface area contributed by atoms with Crippen LogP contribution >= 0.6 is 11.6 Å². The van der Waals surface area contributed by atoms with Gasteiger partial charge in [0.1, 0.15) is 0 Å². The molecule has 0 radical (unpaired) electrons. The first kappa shape index (κ1) is 8.61. The van der Waals surface area contributed by atoms with Gasteiger partial charge in [0.25, 0.3) is 0 Å². The molecule has 1 aromatic carbocycles. The van der Waals surface area contributed by atoms with E-state index in [1.807, 2.05) is 0 Å². The Bertz CT molecular complexity index is 213. The van der Waals surface area contributed by atoms with Gasteiger partial charge in [0.05, 0.1) is 0 Å². The molecule has 0 bridgehead atoms. The van der Waals surface area contributed by atoms with Crippen molar-refractivity contribution in [3.63, 3.8) is 0 Å². The van der Waals surface area contributed by atoms with Gasteiger partial charge in [0.2, 0.25) is 0 Å². The van der Waals surface area contributed by atoms with Gasteiger partial charge in [-0.2, -0.15) is 0 Å². The highest BCUT2D eigenvalue weighted by molar-refractivity contribution is 6.18. The summed E-state index contributed by atoms with van der Waals surface area (Å²) in [6, 6.07) is 8.53. The van der Waals surface area contributed by atoms with Gasteiger partial charge < -0.3 is 0 Å². The van der Waals surface area contributed by atoms with Crippen LogP contribution in [0.5, 0.6) is 0 Å². The first-order valence-electron chi connectivity index (χ1n) is 3.86. The van der Waals surface area contributed by atoms with E-state index in [2.05, 4.69) is 38.1 Å². The van der Waals surface area contributed by atoms with Crippen LogP contribution in [0.4, 0.5) is 0 Å². The second kappa shape index (κ2) is 3.77. The lowest BCUT2D eigenvalue weighted by molar-refractivity contribution is 0.874. The van der Waals surface area contributed by atoms with E-state index in [4.69, 9.17) is 11.6 Å². The molecular formula is C10H13Cl. The number of hydrogen-bond acceptors (Lipinski definition) is 0. The topological polar surface area (TPSA) is 0 Å². The Morgan fingerprint density at radius 2 is 1.82 bits per heavy atom. The van der Waals surface area contributed by atoms with Gasteiger partial charge in [-0.3, -0.25) is 0 Å². The SMILES string of the molecule is Cc1ccc(C(C)CCl)cc1. The summed E-state index contributed by atoms with van der Waals surface area (Å²) in [4.78, 5) is 0. The summed E-state index contributed by atoms with van der Waals surface area (Å²) in [6.45, 7) is 4.23. The molecule has 1 heteroatoms. The molecule has 0 saturated heterocycles. The van der Waals surface area contributed by atoms with E-state index in [0.29, 0.717) is 11.8 Å². The fraction of sp³-hybridized carbons (Fsp3) is 0.400. The third-order valence-corrected chi connectivity index (χ3v) is 2.34. The molecular weight excluding hydrogens is 156 g/mol. The van der Waals surface area contributed by atoms with Crippen molar-refractivity contribution < 1.29 is 0 Å². The molecule has 1 unspecified atom stereocenters. The van der Waals surface area contributed by atoms with E-state index in [0.717, 1.165) is 0 Å². The molecule has 0 aromatic heterocycles. The van der Waals surface area contributed by atoms with E-state index < -0.39 is 0 Å².